The molecule has 0 aliphatic carbocycles. The van der Waals surface area contributed by atoms with E-state index in [0.29, 0.717) is 0 Å². The summed E-state index contributed by atoms with van der Waals surface area (Å²) in [5, 5.41) is 3.40. The van der Waals surface area contributed by atoms with Gasteiger partial charge in [-0.2, -0.15) is 0 Å². The third-order valence-corrected chi connectivity index (χ3v) is 3.04. The normalized spacial score (nSPS) is 13.5. The smallest absolute Gasteiger partial charge is 0.00870 e. The van der Waals surface area contributed by atoms with Crippen LogP contribution in [0, 0.1) is 5.92 Å². The van der Waals surface area contributed by atoms with Crippen molar-refractivity contribution in [1.82, 2.24) is 5.32 Å². The molecule has 0 heterocycles. The van der Waals surface area contributed by atoms with Gasteiger partial charge in [0, 0.05) is 6.04 Å². The van der Waals surface area contributed by atoms with Gasteiger partial charge in [-0.15, -0.1) is 0 Å². The van der Waals surface area contributed by atoms with E-state index in [0.717, 1.165) is 12.0 Å². The summed E-state index contributed by atoms with van der Waals surface area (Å²) >= 11 is 0. The maximum atomic E-state index is 3.40. The zero-order chi connectivity index (χ0) is 10.8. The molecule has 0 bridgehead atoms. The summed E-state index contributed by atoms with van der Waals surface area (Å²) < 4.78 is 0. The molecule has 86 valence electrons. The van der Waals surface area contributed by atoms with Crippen molar-refractivity contribution < 1.29 is 0 Å². The van der Waals surface area contributed by atoms with Gasteiger partial charge in [-0.1, -0.05) is 59.3 Å². The van der Waals surface area contributed by atoms with Crippen LogP contribution < -0.4 is 5.32 Å². The third-order valence-electron chi connectivity index (χ3n) is 3.04. The number of hydrogen-bond acceptors (Lipinski definition) is 1. The fourth-order valence-corrected chi connectivity index (χ4v) is 1.96. The van der Waals surface area contributed by atoms with Crippen LogP contribution in [0.4, 0.5) is 0 Å². The Morgan fingerprint density at radius 3 is 2.00 bits per heavy atom. The lowest BCUT2D eigenvalue weighted by Crippen LogP contribution is -2.30. The van der Waals surface area contributed by atoms with Crippen molar-refractivity contribution in [2.75, 3.05) is 7.05 Å². The van der Waals surface area contributed by atoms with Crippen molar-refractivity contribution in [2.45, 2.75) is 71.8 Å². The van der Waals surface area contributed by atoms with Gasteiger partial charge in [0.2, 0.25) is 0 Å². The Labute approximate surface area is 90.7 Å². The third kappa shape index (κ3) is 7.37. The lowest BCUT2D eigenvalue weighted by molar-refractivity contribution is 0.386. The second-order valence-corrected chi connectivity index (χ2v) is 4.70. The number of hydrogen-bond donors (Lipinski definition) is 1. The second-order valence-electron chi connectivity index (χ2n) is 4.70. The minimum absolute atomic E-state index is 0.723. The molecule has 0 saturated carbocycles. The SMILES string of the molecule is CCCCCCCCC(NC)C(C)C. The Balaban J connectivity index is 3.25. The molecule has 0 aliphatic heterocycles. The molecule has 0 amide bonds. The maximum Gasteiger partial charge on any atom is 0.00870 e. The van der Waals surface area contributed by atoms with Gasteiger partial charge in [-0.3, -0.25) is 0 Å². The molecule has 1 unspecified atom stereocenters. The highest BCUT2D eigenvalue weighted by Crippen LogP contribution is 2.12. The van der Waals surface area contributed by atoms with Crippen molar-refractivity contribution >= 4 is 0 Å². The van der Waals surface area contributed by atoms with Crippen molar-refractivity contribution in [3.8, 4) is 0 Å². The van der Waals surface area contributed by atoms with Gasteiger partial charge in [0.25, 0.3) is 0 Å². The highest BCUT2D eigenvalue weighted by Gasteiger charge is 2.09. The van der Waals surface area contributed by atoms with Gasteiger partial charge >= 0.3 is 0 Å². The molecule has 0 aliphatic rings. The first-order chi connectivity index (χ1) is 6.72. The van der Waals surface area contributed by atoms with Crippen LogP contribution in [-0.4, -0.2) is 13.1 Å². The maximum absolute atomic E-state index is 3.40. The van der Waals surface area contributed by atoms with Crippen LogP contribution in [0.15, 0.2) is 0 Å². The van der Waals surface area contributed by atoms with E-state index in [1.807, 2.05) is 0 Å². The highest BCUT2D eigenvalue weighted by molar-refractivity contribution is 4.67. The summed E-state index contributed by atoms with van der Waals surface area (Å²) in [5.41, 5.74) is 0. The first-order valence-electron chi connectivity index (χ1n) is 6.39. The van der Waals surface area contributed by atoms with Gasteiger partial charge in [0.1, 0.15) is 0 Å². The molecule has 14 heavy (non-hydrogen) atoms. The van der Waals surface area contributed by atoms with E-state index in [9.17, 15) is 0 Å². The number of nitrogens with one attached hydrogen (secondary N) is 1. The van der Waals surface area contributed by atoms with Crippen LogP contribution in [0.3, 0.4) is 0 Å². The summed E-state index contributed by atoms with van der Waals surface area (Å²) in [5.74, 6) is 0.774. The molecule has 0 aromatic heterocycles. The van der Waals surface area contributed by atoms with E-state index in [2.05, 4.69) is 33.1 Å². The van der Waals surface area contributed by atoms with E-state index >= 15 is 0 Å². The van der Waals surface area contributed by atoms with Gasteiger partial charge in [-0.25, -0.2) is 0 Å². The predicted octanol–water partition coefficient (Wildman–Crippen LogP) is 3.98. The number of rotatable bonds is 9. The Bertz CT molecular complexity index is 110. The standard InChI is InChI=1S/C13H29N/c1-5-6-7-8-9-10-11-13(14-4)12(2)3/h12-14H,5-11H2,1-4H3. The van der Waals surface area contributed by atoms with Crippen LogP contribution >= 0.6 is 0 Å². The van der Waals surface area contributed by atoms with Crippen molar-refractivity contribution in [1.29, 1.82) is 0 Å². The molecule has 0 saturated heterocycles. The summed E-state index contributed by atoms with van der Waals surface area (Å²) in [6.45, 7) is 6.88. The summed E-state index contributed by atoms with van der Waals surface area (Å²) in [6, 6.07) is 0.723. The van der Waals surface area contributed by atoms with E-state index in [1.165, 1.54) is 44.9 Å². The van der Waals surface area contributed by atoms with Crippen molar-refractivity contribution in [3.05, 3.63) is 0 Å². The van der Waals surface area contributed by atoms with Gasteiger partial charge in [-0.05, 0) is 19.4 Å². The van der Waals surface area contributed by atoms with E-state index < -0.39 is 0 Å². The average Bonchev–Trinajstić information content (AvgIpc) is 2.16. The van der Waals surface area contributed by atoms with Crippen LogP contribution in [-0.2, 0) is 0 Å². The van der Waals surface area contributed by atoms with Crippen molar-refractivity contribution in [3.63, 3.8) is 0 Å². The lowest BCUT2D eigenvalue weighted by atomic mass is 9.97. The average molecular weight is 199 g/mol. The molecule has 0 rings (SSSR count). The van der Waals surface area contributed by atoms with Gasteiger partial charge in [0.05, 0.1) is 0 Å². The zero-order valence-corrected chi connectivity index (χ0v) is 10.6. The summed E-state index contributed by atoms with van der Waals surface area (Å²) in [4.78, 5) is 0. The minimum atomic E-state index is 0.723. The molecule has 1 atom stereocenters. The Kier molecular flexibility index (Phi) is 9.49. The molecular weight excluding hydrogens is 170 g/mol. The summed E-state index contributed by atoms with van der Waals surface area (Å²) in [6.07, 6.45) is 9.80. The van der Waals surface area contributed by atoms with Crippen LogP contribution in [0.1, 0.15) is 65.7 Å². The molecular formula is C13H29N. The first-order valence-corrected chi connectivity index (χ1v) is 6.39. The molecule has 1 N–H and O–H groups in total. The predicted molar refractivity (Wildman–Crippen MR) is 65.7 cm³/mol. The molecule has 1 nitrogen and oxygen atoms in total. The Hall–Kier alpha value is -0.0400. The van der Waals surface area contributed by atoms with Crippen LogP contribution in [0.5, 0.6) is 0 Å². The molecule has 0 fully saturated rings. The second kappa shape index (κ2) is 9.51. The molecule has 0 aromatic carbocycles. The molecule has 0 spiro atoms. The Morgan fingerprint density at radius 2 is 1.50 bits per heavy atom. The molecule has 0 aromatic rings. The van der Waals surface area contributed by atoms with Crippen LogP contribution in [0.2, 0.25) is 0 Å². The van der Waals surface area contributed by atoms with E-state index in [1.54, 1.807) is 0 Å². The largest absolute Gasteiger partial charge is 0.317 e. The van der Waals surface area contributed by atoms with Gasteiger partial charge in [0.15, 0.2) is 0 Å². The quantitative estimate of drug-likeness (QED) is 0.554. The van der Waals surface area contributed by atoms with Crippen molar-refractivity contribution in [2.24, 2.45) is 5.92 Å². The number of unbranched alkanes of at least 4 members (excludes halogenated alkanes) is 5. The monoisotopic (exact) mass is 199 g/mol. The van der Waals surface area contributed by atoms with E-state index in [4.69, 9.17) is 0 Å². The zero-order valence-electron chi connectivity index (χ0n) is 10.6. The lowest BCUT2D eigenvalue weighted by Gasteiger charge is -2.19. The van der Waals surface area contributed by atoms with Gasteiger partial charge < -0.3 is 5.32 Å². The molecule has 0 radical (unpaired) electrons. The van der Waals surface area contributed by atoms with Crippen LogP contribution in [0.25, 0.3) is 0 Å². The summed E-state index contributed by atoms with van der Waals surface area (Å²) in [7, 11) is 2.09. The minimum Gasteiger partial charge on any atom is -0.317 e. The topological polar surface area (TPSA) is 12.0 Å². The fourth-order valence-electron chi connectivity index (χ4n) is 1.96. The fraction of sp³-hybridized carbons (Fsp3) is 1.00. The molecule has 1 heteroatoms. The van der Waals surface area contributed by atoms with E-state index in [-0.39, 0.29) is 0 Å². The first kappa shape index (κ1) is 14.0. The highest BCUT2D eigenvalue weighted by atomic mass is 14.9. The Morgan fingerprint density at radius 1 is 0.929 bits per heavy atom.